The standard InChI is InChI=1S/C13H23NO3S/c1-3-4-8-18-9-5-11(15)14-7-6-13(2,10-14)12(16)17/h3-10H2,1-2H3,(H,16,17)/t13-/m1/s1. The fourth-order valence-electron chi connectivity index (χ4n) is 2.01. The molecule has 1 atom stereocenters. The van der Waals surface area contributed by atoms with Gasteiger partial charge in [-0.3, -0.25) is 9.59 Å². The first kappa shape index (κ1) is 15.3. The summed E-state index contributed by atoms with van der Waals surface area (Å²) in [5, 5.41) is 9.10. The number of carbonyl (C=O) groups is 2. The van der Waals surface area contributed by atoms with Crippen molar-refractivity contribution in [2.75, 3.05) is 24.6 Å². The Morgan fingerprint density at radius 2 is 2.11 bits per heavy atom. The zero-order chi connectivity index (χ0) is 13.6. The molecule has 5 heteroatoms. The van der Waals surface area contributed by atoms with Gasteiger partial charge >= 0.3 is 5.97 Å². The molecular formula is C13H23NO3S. The maximum absolute atomic E-state index is 11.9. The highest BCUT2D eigenvalue weighted by molar-refractivity contribution is 7.99. The zero-order valence-electron chi connectivity index (χ0n) is 11.3. The van der Waals surface area contributed by atoms with Gasteiger partial charge in [0.15, 0.2) is 0 Å². The predicted octanol–water partition coefficient (Wildman–Crippen LogP) is 2.23. The molecule has 1 saturated heterocycles. The van der Waals surface area contributed by atoms with Crippen LogP contribution in [0.25, 0.3) is 0 Å². The number of carboxylic acids is 1. The van der Waals surface area contributed by atoms with Crippen molar-refractivity contribution in [1.82, 2.24) is 4.90 Å². The molecule has 1 heterocycles. The largest absolute Gasteiger partial charge is 0.481 e. The van der Waals surface area contributed by atoms with Crippen LogP contribution in [0.5, 0.6) is 0 Å². The molecule has 104 valence electrons. The van der Waals surface area contributed by atoms with Gasteiger partial charge in [-0.15, -0.1) is 0 Å². The Balaban J connectivity index is 2.26. The third-order valence-electron chi connectivity index (χ3n) is 3.44. The molecule has 18 heavy (non-hydrogen) atoms. The van der Waals surface area contributed by atoms with E-state index in [0.717, 1.165) is 11.5 Å². The van der Waals surface area contributed by atoms with Crippen LogP contribution in [0.2, 0.25) is 0 Å². The van der Waals surface area contributed by atoms with Crippen molar-refractivity contribution in [3.05, 3.63) is 0 Å². The molecule has 1 N–H and O–H groups in total. The van der Waals surface area contributed by atoms with Crippen LogP contribution in [-0.2, 0) is 9.59 Å². The van der Waals surface area contributed by atoms with E-state index >= 15 is 0 Å². The van der Waals surface area contributed by atoms with Gasteiger partial charge in [-0.25, -0.2) is 0 Å². The maximum Gasteiger partial charge on any atom is 0.311 e. The number of nitrogens with zero attached hydrogens (tertiary/aromatic N) is 1. The molecule has 0 spiro atoms. The highest BCUT2D eigenvalue weighted by Gasteiger charge is 2.41. The molecule has 1 aliphatic rings. The minimum absolute atomic E-state index is 0.101. The van der Waals surface area contributed by atoms with E-state index < -0.39 is 11.4 Å². The van der Waals surface area contributed by atoms with Crippen molar-refractivity contribution in [2.45, 2.75) is 39.5 Å². The van der Waals surface area contributed by atoms with Crippen LogP contribution < -0.4 is 0 Å². The molecule has 0 aromatic carbocycles. The minimum Gasteiger partial charge on any atom is -0.481 e. The lowest BCUT2D eigenvalue weighted by molar-refractivity contribution is -0.147. The lowest BCUT2D eigenvalue weighted by Crippen LogP contribution is -2.35. The predicted molar refractivity (Wildman–Crippen MR) is 73.8 cm³/mol. The fraction of sp³-hybridized carbons (Fsp3) is 0.846. The second kappa shape index (κ2) is 7.02. The van der Waals surface area contributed by atoms with Crippen LogP contribution in [0, 0.1) is 5.41 Å². The van der Waals surface area contributed by atoms with Gasteiger partial charge in [-0.1, -0.05) is 13.3 Å². The Morgan fingerprint density at radius 3 is 2.67 bits per heavy atom. The van der Waals surface area contributed by atoms with Gasteiger partial charge in [0, 0.05) is 25.3 Å². The third kappa shape index (κ3) is 4.19. The summed E-state index contributed by atoms with van der Waals surface area (Å²) < 4.78 is 0. The molecule has 0 unspecified atom stereocenters. The summed E-state index contributed by atoms with van der Waals surface area (Å²) in [7, 11) is 0. The van der Waals surface area contributed by atoms with Gasteiger partial charge in [0.1, 0.15) is 0 Å². The first-order valence-electron chi connectivity index (χ1n) is 6.58. The van der Waals surface area contributed by atoms with E-state index in [4.69, 9.17) is 5.11 Å². The monoisotopic (exact) mass is 273 g/mol. The molecule has 0 radical (unpaired) electrons. The Morgan fingerprint density at radius 1 is 1.39 bits per heavy atom. The van der Waals surface area contributed by atoms with Crippen LogP contribution in [0.4, 0.5) is 0 Å². The Hall–Kier alpha value is -0.710. The van der Waals surface area contributed by atoms with Crippen LogP contribution in [0.15, 0.2) is 0 Å². The van der Waals surface area contributed by atoms with E-state index in [1.54, 1.807) is 11.8 Å². The number of carbonyl (C=O) groups excluding carboxylic acids is 1. The number of carboxylic acid groups (broad SMARTS) is 1. The van der Waals surface area contributed by atoms with E-state index in [0.29, 0.717) is 25.9 Å². The Labute approximate surface area is 113 Å². The molecule has 0 saturated carbocycles. The quantitative estimate of drug-likeness (QED) is 0.723. The molecular weight excluding hydrogens is 250 g/mol. The van der Waals surface area contributed by atoms with E-state index in [1.165, 1.54) is 12.8 Å². The summed E-state index contributed by atoms with van der Waals surface area (Å²) in [6.45, 7) is 4.82. The van der Waals surface area contributed by atoms with Gasteiger partial charge in [0.05, 0.1) is 5.41 Å². The zero-order valence-corrected chi connectivity index (χ0v) is 12.1. The van der Waals surface area contributed by atoms with E-state index in [9.17, 15) is 9.59 Å². The highest BCUT2D eigenvalue weighted by Crippen LogP contribution is 2.30. The molecule has 0 aromatic rings. The van der Waals surface area contributed by atoms with Gasteiger partial charge in [-0.05, 0) is 25.5 Å². The minimum atomic E-state index is -0.796. The van der Waals surface area contributed by atoms with Crippen LogP contribution in [0.1, 0.15) is 39.5 Å². The van der Waals surface area contributed by atoms with Crippen molar-refractivity contribution >= 4 is 23.6 Å². The Kier molecular flexibility index (Phi) is 5.99. The van der Waals surface area contributed by atoms with Crippen molar-refractivity contribution in [3.8, 4) is 0 Å². The molecule has 1 rings (SSSR count). The average molecular weight is 273 g/mol. The van der Waals surface area contributed by atoms with Gasteiger partial charge in [0.2, 0.25) is 5.91 Å². The number of hydrogen-bond donors (Lipinski definition) is 1. The second-order valence-electron chi connectivity index (χ2n) is 5.15. The average Bonchev–Trinajstić information content (AvgIpc) is 2.73. The normalized spacial score (nSPS) is 23.3. The summed E-state index contributed by atoms with van der Waals surface area (Å²) in [5.74, 6) is 1.26. The highest BCUT2D eigenvalue weighted by atomic mass is 32.2. The second-order valence-corrected chi connectivity index (χ2v) is 6.37. The lowest BCUT2D eigenvalue weighted by atomic mass is 9.90. The first-order valence-corrected chi connectivity index (χ1v) is 7.74. The van der Waals surface area contributed by atoms with Crippen molar-refractivity contribution in [3.63, 3.8) is 0 Å². The third-order valence-corrected chi connectivity index (χ3v) is 4.51. The summed E-state index contributed by atoms with van der Waals surface area (Å²) in [4.78, 5) is 24.7. The Bertz CT molecular complexity index is 309. The molecule has 1 fully saturated rings. The van der Waals surface area contributed by atoms with Crippen molar-refractivity contribution < 1.29 is 14.7 Å². The van der Waals surface area contributed by atoms with Crippen molar-refractivity contribution in [2.24, 2.45) is 5.41 Å². The number of rotatable bonds is 7. The van der Waals surface area contributed by atoms with Gasteiger partial charge < -0.3 is 10.0 Å². The maximum atomic E-state index is 11.9. The topological polar surface area (TPSA) is 57.6 Å². The number of unbranched alkanes of at least 4 members (excludes halogenated alkanes) is 1. The van der Waals surface area contributed by atoms with Crippen LogP contribution >= 0.6 is 11.8 Å². The summed E-state index contributed by atoms with van der Waals surface area (Å²) in [6.07, 6.45) is 3.48. The van der Waals surface area contributed by atoms with E-state index in [2.05, 4.69) is 6.92 Å². The van der Waals surface area contributed by atoms with E-state index in [1.807, 2.05) is 11.8 Å². The summed E-state index contributed by atoms with van der Waals surface area (Å²) in [6, 6.07) is 0. The summed E-state index contributed by atoms with van der Waals surface area (Å²) in [5.41, 5.74) is -0.745. The molecule has 1 aliphatic heterocycles. The fourth-order valence-corrected chi connectivity index (χ4v) is 3.03. The lowest BCUT2D eigenvalue weighted by Gasteiger charge is -2.20. The number of thioether (sulfide) groups is 1. The first-order chi connectivity index (χ1) is 8.49. The summed E-state index contributed by atoms with van der Waals surface area (Å²) >= 11 is 1.81. The van der Waals surface area contributed by atoms with Crippen LogP contribution in [-0.4, -0.2) is 46.5 Å². The smallest absolute Gasteiger partial charge is 0.311 e. The molecule has 0 bridgehead atoms. The van der Waals surface area contributed by atoms with Crippen LogP contribution in [0.3, 0.4) is 0 Å². The molecule has 0 aliphatic carbocycles. The number of hydrogen-bond acceptors (Lipinski definition) is 3. The number of likely N-dealkylation sites (tertiary alicyclic amines) is 1. The van der Waals surface area contributed by atoms with Crippen molar-refractivity contribution in [1.29, 1.82) is 0 Å². The number of amides is 1. The SMILES string of the molecule is CCCCSCCC(=O)N1CC[C@@](C)(C(=O)O)C1. The van der Waals surface area contributed by atoms with Gasteiger partial charge in [0.25, 0.3) is 0 Å². The number of aliphatic carboxylic acids is 1. The van der Waals surface area contributed by atoms with E-state index in [-0.39, 0.29) is 5.91 Å². The van der Waals surface area contributed by atoms with Gasteiger partial charge in [-0.2, -0.15) is 11.8 Å². The molecule has 4 nitrogen and oxygen atoms in total. The molecule has 1 amide bonds. The molecule has 0 aromatic heterocycles.